The van der Waals surface area contributed by atoms with Gasteiger partial charge in [0.2, 0.25) is 11.8 Å². The number of carbonyl (C=O) groups is 2. The topological polar surface area (TPSA) is 53.1 Å². The summed E-state index contributed by atoms with van der Waals surface area (Å²) in [5, 5.41) is 0. The predicted molar refractivity (Wildman–Crippen MR) is 113 cm³/mol. The molecule has 0 aliphatic carbocycles. The molecule has 2 atom stereocenters. The van der Waals surface area contributed by atoms with Gasteiger partial charge in [-0.25, -0.2) is 0 Å². The summed E-state index contributed by atoms with van der Waals surface area (Å²) in [5.41, 5.74) is 2.96. The summed E-state index contributed by atoms with van der Waals surface area (Å²) < 4.78 is 5.57. The Kier molecular flexibility index (Phi) is 5.28. The lowest BCUT2D eigenvalue weighted by molar-refractivity contribution is -0.132. The molecule has 0 unspecified atom stereocenters. The number of amides is 2. The molecule has 2 aliphatic rings. The SMILES string of the molecule is CCN(C)C(=O)CN1C[C@@H]2C[C@H]1C(=O)N2c1cc(-c2ccccc2)ccc1OC. The summed E-state index contributed by atoms with van der Waals surface area (Å²) in [7, 11) is 3.43. The Morgan fingerprint density at radius 2 is 1.93 bits per heavy atom. The Morgan fingerprint density at radius 1 is 1.17 bits per heavy atom. The van der Waals surface area contributed by atoms with Crippen LogP contribution in [-0.2, 0) is 9.59 Å². The van der Waals surface area contributed by atoms with Crippen molar-refractivity contribution in [2.45, 2.75) is 25.4 Å². The maximum atomic E-state index is 13.2. The lowest BCUT2D eigenvalue weighted by Gasteiger charge is -2.34. The number of likely N-dealkylation sites (tertiary alicyclic amines) is 1. The molecule has 2 saturated heterocycles. The standard InChI is InChI=1S/C23H27N3O3/c1-4-24(2)22(27)15-25-14-18-13-20(25)23(28)26(18)19-12-17(10-11-21(19)29-3)16-8-6-5-7-9-16/h5-12,18,20H,4,13-15H2,1-3H3/t18-,20-/m0/s1. The Labute approximate surface area is 171 Å². The lowest BCUT2D eigenvalue weighted by atomic mass is 10.0. The largest absolute Gasteiger partial charge is 0.495 e. The maximum Gasteiger partial charge on any atom is 0.244 e. The highest BCUT2D eigenvalue weighted by Gasteiger charge is 2.51. The lowest BCUT2D eigenvalue weighted by Crippen LogP contribution is -2.53. The summed E-state index contributed by atoms with van der Waals surface area (Å²) in [5.74, 6) is 0.804. The van der Waals surface area contributed by atoms with Crippen molar-refractivity contribution < 1.29 is 14.3 Å². The highest BCUT2D eigenvalue weighted by atomic mass is 16.5. The van der Waals surface area contributed by atoms with Crippen molar-refractivity contribution in [2.24, 2.45) is 0 Å². The van der Waals surface area contributed by atoms with E-state index in [0.29, 0.717) is 25.4 Å². The fourth-order valence-electron chi connectivity index (χ4n) is 4.31. The van der Waals surface area contributed by atoms with Gasteiger partial charge in [0.15, 0.2) is 0 Å². The highest BCUT2D eigenvalue weighted by Crippen LogP contribution is 2.41. The van der Waals surface area contributed by atoms with Crippen LogP contribution in [0.4, 0.5) is 5.69 Å². The zero-order valence-corrected chi connectivity index (χ0v) is 17.2. The van der Waals surface area contributed by atoms with Crippen LogP contribution in [-0.4, -0.2) is 67.5 Å². The number of carbonyl (C=O) groups excluding carboxylic acids is 2. The van der Waals surface area contributed by atoms with Crippen molar-refractivity contribution in [1.29, 1.82) is 0 Å². The molecular weight excluding hydrogens is 366 g/mol. The minimum absolute atomic E-state index is 0.0525. The third-order valence-electron chi connectivity index (χ3n) is 6.05. The molecule has 0 N–H and O–H groups in total. The summed E-state index contributed by atoms with van der Waals surface area (Å²) in [6.07, 6.45) is 0.751. The third kappa shape index (κ3) is 3.49. The number of fused-ring (bicyclic) bond motifs is 2. The number of piperazine rings is 1. The van der Waals surface area contributed by atoms with Gasteiger partial charge in [-0.2, -0.15) is 0 Å². The van der Waals surface area contributed by atoms with Crippen LogP contribution >= 0.6 is 0 Å². The van der Waals surface area contributed by atoms with Gasteiger partial charge < -0.3 is 14.5 Å². The Balaban J connectivity index is 1.59. The first kappa shape index (κ1) is 19.5. The van der Waals surface area contributed by atoms with E-state index in [1.807, 2.05) is 53.1 Å². The van der Waals surface area contributed by atoms with Crippen LogP contribution in [0.2, 0.25) is 0 Å². The van der Waals surface area contributed by atoms with Crippen molar-refractivity contribution >= 4 is 17.5 Å². The average molecular weight is 393 g/mol. The van der Waals surface area contributed by atoms with Gasteiger partial charge in [0.1, 0.15) is 5.75 Å². The van der Waals surface area contributed by atoms with Crippen LogP contribution in [0, 0.1) is 0 Å². The number of benzene rings is 2. The first-order valence-corrected chi connectivity index (χ1v) is 10.1. The Morgan fingerprint density at radius 3 is 2.59 bits per heavy atom. The maximum absolute atomic E-state index is 13.2. The second kappa shape index (κ2) is 7.87. The highest BCUT2D eigenvalue weighted by molar-refractivity contribution is 6.03. The summed E-state index contributed by atoms with van der Waals surface area (Å²) in [6, 6.07) is 15.9. The minimum Gasteiger partial charge on any atom is -0.495 e. The normalized spacial score (nSPS) is 20.9. The first-order valence-electron chi connectivity index (χ1n) is 10.1. The monoisotopic (exact) mass is 393 g/mol. The van der Waals surface area contributed by atoms with E-state index in [-0.39, 0.29) is 23.9 Å². The van der Waals surface area contributed by atoms with Crippen LogP contribution in [0.3, 0.4) is 0 Å². The molecular formula is C23H27N3O3. The number of hydrogen-bond acceptors (Lipinski definition) is 4. The number of methoxy groups -OCH3 is 1. The molecule has 2 aliphatic heterocycles. The van der Waals surface area contributed by atoms with Gasteiger partial charge in [-0.1, -0.05) is 36.4 Å². The smallest absolute Gasteiger partial charge is 0.244 e. The molecule has 2 bridgehead atoms. The molecule has 0 radical (unpaired) electrons. The fourth-order valence-corrected chi connectivity index (χ4v) is 4.31. The van der Waals surface area contributed by atoms with E-state index in [9.17, 15) is 9.59 Å². The zero-order valence-electron chi connectivity index (χ0n) is 17.2. The molecule has 6 heteroatoms. The molecule has 2 fully saturated rings. The van der Waals surface area contributed by atoms with E-state index in [4.69, 9.17) is 4.74 Å². The summed E-state index contributed by atoms with van der Waals surface area (Å²) in [4.78, 5) is 31.1. The van der Waals surface area contributed by atoms with Gasteiger partial charge in [0.25, 0.3) is 0 Å². The second-order valence-corrected chi connectivity index (χ2v) is 7.70. The van der Waals surface area contributed by atoms with Crippen molar-refractivity contribution in [1.82, 2.24) is 9.80 Å². The minimum atomic E-state index is -0.237. The van der Waals surface area contributed by atoms with Crippen LogP contribution in [0.15, 0.2) is 48.5 Å². The molecule has 2 heterocycles. The second-order valence-electron chi connectivity index (χ2n) is 7.70. The van der Waals surface area contributed by atoms with Gasteiger partial charge in [-0.15, -0.1) is 0 Å². The molecule has 29 heavy (non-hydrogen) atoms. The molecule has 2 amide bonds. The number of anilines is 1. The average Bonchev–Trinajstić information content (AvgIpc) is 3.30. The van der Waals surface area contributed by atoms with E-state index in [1.54, 1.807) is 19.1 Å². The van der Waals surface area contributed by atoms with E-state index in [0.717, 1.165) is 23.2 Å². The van der Waals surface area contributed by atoms with Crippen molar-refractivity contribution in [3.8, 4) is 16.9 Å². The first-order chi connectivity index (χ1) is 14.0. The van der Waals surface area contributed by atoms with Crippen LogP contribution < -0.4 is 9.64 Å². The van der Waals surface area contributed by atoms with Gasteiger partial charge in [0.05, 0.1) is 31.4 Å². The van der Waals surface area contributed by atoms with Gasteiger partial charge in [0, 0.05) is 20.1 Å². The van der Waals surface area contributed by atoms with Gasteiger partial charge in [-0.3, -0.25) is 14.5 Å². The molecule has 0 aromatic heterocycles. The van der Waals surface area contributed by atoms with Crippen molar-refractivity contribution in [3.63, 3.8) is 0 Å². The molecule has 6 nitrogen and oxygen atoms in total. The van der Waals surface area contributed by atoms with Crippen LogP contribution in [0.5, 0.6) is 5.75 Å². The number of rotatable bonds is 6. The molecule has 2 aromatic carbocycles. The fraction of sp³-hybridized carbons (Fsp3) is 0.391. The Bertz CT molecular complexity index is 915. The Hall–Kier alpha value is -2.86. The van der Waals surface area contributed by atoms with Gasteiger partial charge >= 0.3 is 0 Å². The van der Waals surface area contributed by atoms with E-state index in [1.165, 1.54) is 0 Å². The quantitative estimate of drug-likeness (QED) is 0.757. The van der Waals surface area contributed by atoms with E-state index >= 15 is 0 Å². The van der Waals surface area contributed by atoms with Crippen LogP contribution in [0.25, 0.3) is 11.1 Å². The zero-order chi connectivity index (χ0) is 20.5. The van der Waals surface area contributed by atoms with Crippen molar-refractivity contribution in [3.05, 3.63) is 48.5 Å². The number of nitrogens with zero attached hydrogens (tertiary/aromatic N) is 3. The summed E-state index contributed by atoms with van der Waals surface area (Å²) >= 11 is 0. The molecule has 0 spiro atoms. The third-order valence-corrected chi connectivity index (χ3v) is 6.05. The van der Waals surface area contributed by atoms with E-state index in [2.05, 4.69) is 12.1 Å². The van der Waals surface area contributed by atoms with E-state index < -0.39 is 0 Å². The molecule has 0 saturated carbocycles. The molecule has 4 rings (SSSR count). The molecule has 2 aromatic rings. The number of likely N-dealkylation sites (N-methyl/N-ethyl adjacent to an activating group) is 1. The van der Waals surface area contributed by atoms with Gasteiger partial charge in [-0.05, 0) is 36.6 Å². The number of hydrogen-bond donors (Lipinski definition) is 0. The van der Waals surface area contributed by atoms with Crippen LogP contribution in [0.1, 0.15) is 13.3 Å². The summed E-state index contributed by atoms with van der Waals surface area (Å²) in [6.45, 7) is 3.63. The molecule has 152 valence electrons. The predicted octanol–water partition coefficient (Wildman–Crippen LogP) is 2.63. The van der Waals surface area contributed by atoms with Crippen molar-refractivity contribution in [2.75, 3.05) is 38.7 Å². The number of ether oxygens (including phenoxy) is 1.